The van der Waals surface area contributed by atoms with E-state index in [2.05, 4.69) is 9.97 Å². The SMILES string of the molecule is Cn1cc(-c2ccc(S(C)(=O)=O)cc2)c2ncnc(OC3CCN(C(=O)C(C)(C)C)CC3)c21. The minimum atomic E-state index is -3.26. The summed E-state index contributed by atoms with van der Waals surface area (Å²) >= 11 is 0. The standard InChI is InChI=1S/C24H30N4O4S/c1-24(2,3)23(29)28-12-10-17(11-13-28)32-22-21-20(25-15-26-22)19(14-27(21)4)16-6-8-18(9-7-16)33(5,30)31/h6-9,14-15,17H,10-13H2,1-5H3. The van der Waals surface area contributed by atoms with E-state index in [-0.39, 0.29) is 22.3 Å². The molecule has 1 saturated heterocycles. The van der Waals surface area contributed by atoms with Crippen LogP contribution in [-0.2, 0) is 21.7 Å². The van der Waals surface area contributed by atoms with E-state index in [1.54, 1.807) is 24.3 Å². The van der Waals surface area contributed by atoms with Gasteiger partial charge in [-0.3, -0.25) is 4.79 Å². The summed E-state index contributed by atoms with van der Waals surface area (Å²) in [6, 6.07) is 6.79. The quantitative estimate of drug-likeness (QED) is 0.580. The van der Waals surface area contributed by atoms with Crippen molar-refractivity contribution in [2.75, 3.05) is 19.3 Å². The van der Waals surface area contributed by atoms with Crippen molar-refractivity contribution in [1.82, 2.24) is 19.4 Å². The molecule has 2 aromatic heterocycles. The van der Waals surface area contributed by atoms with Gasteiger partial charge in [-0.25, -0.2) is 13.4 Å². The first-order valence-corrected chi connectivity index (χ1v) is 12.9. The number of aryl methyl sites for hydroxylation is 1. The van der Waals surface area contributed by atoms with Crippen molar-refractivity contribution in [2.24, 2.45) is 12.5 Å². The Balaban J connectivity index is 1.56. The van der Waals surface area contributed by atoms with Crippen LogP contribution in [-0.4, -0.2) is 59.2 Å². The summed E-state index contributed by atoms with van der Waals surface area (Å²) in [5.41, 5.74) is 2.89. The summed E-state index contributed by atoms with van der Waals surface area (Å²) in [6.45, 7) is 7.16. The maximum Gasteiger partial charge on any atom is 0.242 e. The summed E-state index contributed by atoms with van der Waals surface area (Å²) < 4.78 is 31.8. The van der Waals surface area contributed by atoms with E-state index in [1.807, 2.05) is 43.5 Å². The largest absolute Gasteiger partial charge is 0.473 e. The van der Waals surface area contributed by atoms with Gasteiger partial charge in [-0.2, -0.15) is 4.98 Å². The van der Waals surface area contributed by atoms with E-state index < -0.39 is 9.84 Å². The highest BCUT2D eigenvalue weighted by Crippen LogP contribution is 2.34. The molecule has 0 spiro atoms. The van der Waals surface area contributed by atoms with Gasteiger partial charge in [0.05, 0.1) is 4.90 Å². The first kappa shape index (κ1) is 23.2. The minimum absolute atomic E-state index is 0.0282. The highest BCUT2D eigenvalue weighted by molar-refractivity contribution is 7.90. The van der Waals surface area contributed by atoms with E-state index >= 15 is 0 Å². The smallest absolute Gasteiger partial charge is 0.242 e. The molecule has 3 heterocycles. The van der Waals surface area contributed by atoms with Crippen LogP contribution in [0.4, 0.5) is 0 Å². The van der Waals surface area contributed by atoms with Crippen LogP contribution in [0.15, 0.2) is 41.7 Å². The fourth-order valence-corrected chi connectivity index (χ4v) is 4.82. The van der Waals surface area contributed by atoms with Crippen LogP contribution in [0, 0.1) is 5.41 Å². The van der Waals surface area contributed by atoms with Crippen LogP contribution >= 0.6 is 0 Å². The third-order valence-corrected chi connectivity index (χ3v) is 7.09. The minimum Gasteiger partial charge on any atom is -0.473 e. The Morgan fingerprint density at radius 3 is 2.30 bits per heavy atom. The molecule has 0 saturated carbocycles. The molecule has 9 heteroatoms. The number of carbonyl (C=O) groups is 1. The first-order chi connectivity index (χ1) is 15.4. The fraction of sp³-hybridized carbons (Fsp3) is 0.458. The second kappa shape index (κ2) is 8.44. The number of fused-ring (bicyclic) bond motifs is 1. The predicted octanol–water partition coefficient (Wildman–Crippen LogP) is 3.45. The zero-order valence-electron chi connectivity index (χ0n) is 19.7. The summed E-state index contributed by atoms with van der Waals surface area (Å²) in [7, 11) is -1.34. The zero-order chi connectivity index (χ0) is 24.0. The number of ether oxygens (including phenoxy) is 1. The number of piperidine rings is 1. The summed E-state index contributed by atoms with van der Waals surface area (Å²) in [4.78, 5) is 23.6. The Hall–Kier alpha value is -2.94. The number of nitrogens with zero attached hydrogens (tertiary/aromatic N) is 4. The summed E-state index contributed by atoms with van der Waals surface area (Å²) in [5.74, 6) is 0.682. The topological polar surface area (TPSA) is 94.4 Å². The molecule has 4 rings (SSSR count). The van der Waals surface area contributed by atoms with Crippen LogP contribution < -0.4 is 4.74 Å². The highest BCUT2D eigenvalue weighted by Gasteiger charge is 2.31. The van der Waals surface area contributed by atoms with Crippen LogP contribution in [0.2, 0.25) is 0 Å². The molecule has 33 heavy (non-hydrogen) atoms. The molecule has 3 aromatic rings. The van der Waals surface area contributed by atoms with Gasteiger partial charge in [0.1, 0.15) is 23.5 Å². The number of rotatable bonds is 4. The maximum atomic E-state index is 12.5. The molecule has 1 fully saturated rings. The third-order valence-electron chi connectivity index (χ3n) is 5.96. The number of sulfone groups is 1. The molecule has 176 valence electrons. The van der Waals surface area contributed by atoms with Gasteiger partial charge < -0.3 is 14.2 Å². The van der Waals surface area contributed by atoms with E-state index in [9.17, 15) is 13.2 Å². The summed E-state index contributed by atoms with van der Waals surface area (Å²) in [6.07, 6.45) is 6.10. The Morgan fingerprint density at radius 2 is 1.73 bits per heavy atom. The lowest BCUT2D eigenvalue weighted by atomic mass is 9.93. The number of aromatic nitrogens is 3. The van der Waals surface area contributed by atoms with Crippen molar-refractivity contribution < 1.29 is 17.9 Å². The van der Waals surface area contributed by atoms with Crippen molar-refractivity contribution in [2.45, 2.75) is 44.6 Å². The van der Waals surface area contributed by atoms with Crippen molar-refractivity contribution in [1.29, 1.82) is 0 Å². The normalized spacial score (nSPS) is 15.7. The molecule has 0 radical (unpaired) electrons. The third kappa shape index (κ3) is 4.73. The lowest BCUT2D eigenvalue weighted by Crippen LogP contribution is -2.46. The fourth-order valence-electron chi connectivity index (χ4n) is 4.19. The van der Waals surface area contributed by atoms with Crippen LogP contribution in [0.25, 0.3) is 22.2 Å². The van der Waals surface area contributed by atoms with E-state index in [0.29, 0.717) is 19.0 Å². The molecule has 0 bridgehead atoms. The Bertz CT molecular complexity index is 1280. The molecule has 0 N–H and O–H groups in total. The van der Waals surface area contributed by atoms with Gasteiger partial charge in [0.2, 0.25) is 11.8 Å². The lowest BCUT2D eigenvalue weighted by molar-refractivity contribution is -0.141. The van der Waals surface area contributed by atoms with Crippen molar-refractivity contribution in [3.05, 3.63) is 36.8 Å². The van der Waals surface area contributed by atoms with Gasteiger partial charge in [-0.15, -0.1) is 0 Å². The first-order valence-electron chi connectivity index (χ1n) is 11.0. The van der Waals surface area contributed by atoms with Crippen molar-refractivity contribution >= 4 is 26.8 Å². The van der Waals surface area contributed by atoms with Crippen LogP contribution in [0.3, 0.4) is 0 Å². The van der Waals surface area contributed by atoms with E-state index in [4.69, 9.17) is 4.74 Å². The number of hydrogen-bond acceptors (Lipinski definition) is 6. The van der Waals surface area contributed by atoms with Crippen LogP contribution in [0.1, 0.15) is 33.6 Å². The molecule has 0 aliphatic carbocycles. The molecule has 1 aliphatic heterocycles. The summed E-state index contributed by atoms with van der Waals surface area (Å²) in [5, 5.41) is 0. The van der Waals surface area contributed by atoms with E-state index in [1.165, 1.54) is 12.6 Å². The van der Waals surface area contributed by atoms with Gasteiger partial charge in [-0.1, -0.05) is 32.9 Å². The Kier molecular flexibility index (Phi) is 5.94. The Labute approximate surface area is 194 Å². The monoisotopic (exact) mass is 470 g/mol. The van der Waals surface area contributed by atoms with Gasteiger partial charge in [0.25, 0.3) is 0 Å². The van der Waals surface area contributed by atoms with E-state index in [0.717, 1.165) is 35.0 Å². The van der Waals surface area contributed by atoms with Gasteiger partial charge in [-0.05, 0) is 17.7 Å². The Morgan fingerprint density at radius 1 is 1.09 bits per heavy atom. The molecule has 0 unspecified atom stereocenters. The molecular weight excluding hydrogens is 440 g/mol. The van der Waals surface area contributed by atoms with Gasteiger partial charge in [0, 0.05) is 56.4 Å². The molecule has 1 aromatic carbocycles. The lowest BCUT2D eigenvalue weighted by Gasteiger charge is -2.35. The van der Waals surface area contributed by atoms with Crippen molar-refractivity contribution in [3.8, 4) is 17.0 Å². The molecule has 1 amide bonds. The zero-order valence-corrected chi connectivity index (χ0v) is 20.5. The van der Waals surface area contributed by atoms with Gasteiger partial charge in [0.15, 0.2) is 9.84 Å². The average Bonchev–Trinajstić information content (AvgIpc) is 3.10. The average molecular weight is 471 g/mol. The van der Waals surface area contributed by atoms with Crippen molar-refractivity contribution in [3.63, 3.8) is 0 Å². The molecule has 8 nitrogen and oxygen atoms in total. The maximum absolute atomic E-state index is 12.5. The van der Waals surface area contributed by atoms with Gasteiger partial charge >= 0.3 is 0 Å². The second-order valence-electron chi connectivity index (χ2n) is 9.69. The number of amides is 1. The number of carbonyl (C=O) groups excluding carboxylic acids is 1. The number of likely N-dealkylation sites (tertiary alicyclic amines) is 1. The second-order valence-corrected chi connectivity index (χ2v) is 11.7. The molecule has 1 aliphatic rings. The van der Waals surface area contributed by atoms with Crippen LogP contribution in [0.5, 0.6) is 5.88 Å². The highest BCUT2D eigenvalue weighted by atomic mass is 32.2. The molecule has 0 atom stereocenters. The predicted molar refractivity (Wildman–Crippen MR) is 127 cm³/mol. The number of benzene rings is 1. The molecular formula is C24H30N4O4S. The number of hydrogen-bond donors (Lipinski definition) is 0.